The summed E-state index contributed by atoms with van der Waals surface area (Å²) in [5, 5.41) is 15.9. The third kappa shape index (κ3) is 6.03. The van der Waals surface area contributed by atoms with Crippen molar-refractivity contribution in [1.29, 1.82) is 0 Å². The van der Waals surface area contributed by atoms with Crippen molar-refractivity contribution < 1.29 is 32.9 Å². The Bertz CT molecular complexity index is 2110. The van der Waals surface area contributed by atoms with E-state index in [1.165, 1.54) is 17.0 Å². The molecule has 0 radical (unpaired) electrons. The monoisotopic (exact) mass is 729 g/mol. The van der Waals surface area contributed by atoms with Crippen LogP contribution in [0.15, 0.2) is 24.3 Å². The number of amides is 1. The number of likely N-dealkylation sites (tertiary alicyclic amines) is 1. The predicted molar refractivity (Wildman–Crippen MR) is 195 cm³/mol. The molecule has 0 unspecified atom stereocenters. The molecule has 2 N–H and O–H groups in total. The molecule has 280 valence electrons. The third-order valence-corrected chi connectivity index (χ3v) is 12.0. The van der Waals surface area contributed by atoms with Gasteiger partial charge in [-0.25, -0.2) is 18.6 Å². The Labute approximate surface area is 306 Å². The second-order valence-corrected chi connectivity index (χ2v) is 15.7. The highest BCUT2D eigenvalue weighted by Crippen LogP contribution is 2.49. The number of aryl methyl sites for hydroxylation is 1. The third-order valence-electron chi connectivity index (χ3n) is 12.0. The number of halogens is 2. The number of piperazine rings is 1. The molecule has 4 aromatic rings. The molecule has 5 aliphatic rings. The van der Waals surface area contributed by atoms with E-state index in [-0.39, 0.29) is 70.1 Å². The Hall–Kier alpha value is -4.56. The summed E-state index contributed by atoms with van der Waals surface area (Å²) >= 11 is 0. The normalized spacial score (nSPS) is 24.2. The van der Waals surface area contributed by atoms with Gasteiger partial charge < -0.3 is 34.4 Å². The number of pyridine rings is 1. The van der Waals surface area contributed by atoms with Gasteiger partial charge in [0.15, 0.2) is 5.82 Å². The predicted octanol–water partition coefficient (Wildman–Crippen LogP) is 5.41. The summed E-state index contributed by atoms with van der Waals surface area (Å²) < 4.78 is 50.8. The number of aromatic nitrogens is 3. The average molecular weight is 730 g/mol. The van der Waals surface area contributed by atoms with Crippen molar-refractivity contribution in [2.45, 2.75) is 76.0 Å². The number of aromatic hydroxyl groups is 1. The molecule has 2 aromatic carbocycles. The molecule has 4 fully saturated rings. The van der Waals surface area contributed by atoms with Crippen molar-refractivity contribution in [1.82, 2.24) is 30.1 Å². The van der Waals surface area contributed by atoms with E-state index < -0.39 is 11.6 Å². The van der Waals surface area contributed by atoms with Crippen molar-refractivity contribution in [2.24, 2.45) is 5.41 Å². The van der Waals surface area contributed by atoms with Crippen molar-refractivity contribution in [3.63, 3.8) is 0 Å². The fourth-order valence-electron chi connectivity index (χ4n) is 8.95. The van der Waals surface area contributed by atoms with Gasteiger partial charge in [0.2, 0.25) is 5.88 Å². The quantitative estimate of drug-likeness (QED) is 0.230. The lowest BCUT2D eigenvalue weighted by Crippen LogP contribution is -2.60. The minimum Gasteiger partial charge on any atom is -0.508 e. The SMILES string of the molecule is CCc1c(F)ccc2cc(O)cc(-c3nc4c5c(nc(OCC6(CN7CCC[C@@H]7COC(=O)N(C)C)CC6)nc5c3F)N3C[C@@H]5CC[C@@H](N5)[C@H]3CO4)c12. The van der Waals surface area contributed by atoms with E-state index in [4.69, 9.17) is 29.2 Å². The number of carbonyl (C=O) groups is 1. The number of anilines is 1. The molecule has 2 aromatic heterocycles. The van der Waals surface area contributed by atoms with Crippen molar-refractivity contribution in [3.8, 4) is 28.9 Å². The van der Waals surface area contributed by atoms with E-state index >= 15 is 8.78 Å². The smallest absolute Gasteiger partial charge is 0.409 e. The van der Waals surface area contributed by atoms with Crippen molar-refractivity contribution in [3.05, 3.63) is 41.5 Å². The van der Waals surface area contributed by atoms with Gasteiger partial charge in [-0.3, -0.25) is 4.90 Å². The highest BCUT2D eigenvalue weighted by molar-refractivity contribution is 6.03. The highest BCUT2D eigenvalue weighted by Gasteiger charge is 2.48. The molecule has 4 aliphatic heterocycles. The summed E-state index contributed by atoms with van der Waals surface area (Å²) in [5.41, 5.74) is 0.471. The highest BCUT2D eigenvalue weighted by atomic mass is 19.1. The number of nitrogens with zero attached hydrogens (tertiary/aromatic N) is 6. The standard InChI is InChI=1S/C39H45F2N7O5/c1-4-25-27(40)9-7-21-14-24(49)15-26(30(21)25)33-32(41)34-31-35(48-16-22-8-10-28(42-22)29(48)18-51-36(31)43-33)45-37(44-34)53-20-39(11-12-39)19-47-13-5-6-23(47)17-52-38(50)46(2)3/h7,9,14-15,22-23,28-29,42,49H,4-6,8,10-13,16-20H2,1-3H3/t22-,23+,28+,29+/m0/s1. The van der Waals surface area contributed by atoms with Crippen LogP contribution in [0.2, 0.25) is 0 Å². The Morgan fingerprint density at radius 1 is 1.13 bits per heavy atom. The van der Waals surface area contributed by atoms with Crippen LogP contribution in [0.5, 0.6) is 17.6 Å². The number of hydrogen-bond donors (Lipinski definition) is 2. The molecule has 9 rings (SSSR count). The van der Waals surface area contributed by atoms with E-state index in [2.05, 4.69) is 15.1 Å². The molecule has 0 spiro atoms. The van der Waals surface area contributed by atoms with Gasteiger partial charge in [-0.2, -0.15) is 9.97 Å². The number of fused-ring (bicyclic) bond motifs is 6. The molecule has 1 amide bonds. The van der Waals surface area contributed by atoms with Gasteiger partial charge in [-0.1, -0.05) is 13.0 Å². The molecule has 14 heteroatoms. The molecule has 1 aliphatic carbocycles. The van der Waals surface area contributed by atoms with Crippen molar-refractivity contribution >= 4 is 33.6 Å². The zero-order chi connectivity index (χ0) is 36.6. The van der Waals surface area contributed by atoms with E-state index in [1.54, 1.807) is 26.2 Å². The lowest BCUT2D eigenvalue weighted by molar-refractivity contribution is 0.0748. The topological polar surface area (TPSA) is 125 Å². The van der Waals surface area contributed by atoms with Crippen LogP contribution in [0.3, 0.4) is 0 Å². The van der Waals surface area contributed by atoms with Crippen LogP contribution in [-0.4, -0.2) is 114 Å². The second kappa shape index (κ2) is 13.1. The summed E-state index contributed by atoms with van der Waals surface area (Å²) in [6.07, 6.45) is 5.97. The Morgan fingerprint density at radius 3 is 2.77 bits per heavy atom. The summed E-state index contributed by atoms with van der Waals surface area (Å²) in [4.78, 5) is 32.6. The van der Waals surface area contributed by atoms with Crippen LogP contribution in [0.4, 0.5) is 19.4 Å². The number of phenolic OH excluding ortho intramolecular Hbond substituents is 1. The van der Waals surface area contributed by atoms with Crippen LogP contribution < -0.4 is 19.7 Å². The number of rotatable bonds is 9. The van der Waals surface area contributed by atoms with Crippen LogP contribution in [0, 0.1) is 17.0 Å². The van der Waals surface area contributed by atoms with Crippen LogP contribution in [0.25, 0.3) is 32.9 Å². The number of benzene rings is 2. The molecule has 1 saturated carbocycles. The zero-order valence-electron chi connectivity index (χ0n) is 30.3. The van der Waals surface area contributed by atoms with E-state index in [1.807, 2.05) is 6.92 Å². The first-order valence-corrected chi connectivity index (χ1v) is 18.8. The summed E-state index contributed by atoms with van der Waals surface area (Å²) in [5.74, 6) is -0.489. The molecule has 4 atom stereocenters. The fraction of sp³-hybridized carbons (Fsp3) is 0.538. The van der Waals surface area contributed by atoms with Gasteiger partial charge in [-0.05, 0) is 86.0 Å². The van der Waals surface area contributed by atoms with E-state index in [9.17, 15) is 9.90 Å². The van der Waals surface area contributed by atoms with Gasteiger partial charge in [-0.15, -0.1) is 0 Å². The summed E-state index contributed by atoms with van der Waals surface area (Å²) in [7, 11) is 3.36. The summed E-state index contributed by atoms with van der Waals surface area (Å²) in [6.45, 7) is 5.24. The van der Waals surface area contributed by atoms with Gasteiger partial charge >= 0.3 is 12.1 Å². The Morgan fingerprint density at radius 2 is 1.98 bits per heavy atom. The summed E-state index contributed by atoms with van der Waals surface area (Å²) in [6, 6.07) is 6.52. The van der Waals surface area contributed by atoms with E-state index in [0.29, 0.717) is 60.3 Å². The fourth-order valence-corrected chi connectivity index (χ4v) is 8.95. The first kappa shape index (κ1) is 34.2. The van der Waals surface area contributed by atoms with Gasteiger partial charge in [0.25, 0.3) is 0 Å². The first-order chi connectivity index (χ1) is 25.6. The van der Waals surface area contributed by atoms with Crippen LogP contribution in [0.1, 0.15) is 51.0 Å². The minimum atomic E-state index is -0.719. The lowest BCUT2D eigenvalue weighted by Gasteiger charge is -2.40. The molecule has 6 heterocycles. The number of carbonyl (C=O) groups excluding carboxylic acids is 1. The average Bonchev–Trinajstić information content (AvgIpc) is 3.65. The van der Waals surface area contributed by atoms with Crippen molar-refractivity contribution in [2.75, 3.05) is 58.5 Å². The number of hydrogen-bond acceptors (Lipinski definition) is 11. The molecular weight excluding hydrogens is 684 g/mol. The van der Waals surface area contributed by atoms with Crippen LogP contribution in [-0.2, 0) is 11.2 Å². The Kier molecular flexibility index (Phi) is 8.45. The second-order valence-electron chi connectivity index (χ2n) is 15.7. The number of phenols is 1. The number of ether oxygens (including phenoxy) is 3. The largest absolute Gasteiger partial charge is 0.508 e. The van der Waals surface area contributed by atoms with Gasteiger partial charge in [0.1, 0.15) is 47.2 Å². The molecular formula is C39H45F2N7O5. The maximum Gasteiger partial charge on any atom is 0.409 e. The molecule has 12 nitrogen and oxygen atoms in total. The number of nitrogens with one attached hydrogen (secondary N) is 1. The Balaban J connectivity index is 1.10. The molecule has 2 bridgehead atoms. The lowest BCUT2D eigenvalue weighted by atomic mass is 9.94. The van der Waals surface area contributed by atoms with E-state index in [0.717, 1.165) is 51.6 Å². The maximum atomic E-state index is 17.2. The first-order valence-electron chi connectivity index (χ1n) is 18.8. The minimum absolute atomic E-state index is 0.00892. The van der Waals surface area contributed by atoms with Gasteiger partial charge in [0, 0.05) is 56.3 Å². The molecule has 53 heavy (non-hydrogen) atoms. The van der Waals surface area contributed by atoms with Gasteiger partial charge in [0.05, 0.1) is 12.6 Å². The maximum absolute atomic E-state index is 17.2. The zero-order valence-corrected chi connectivity index (χ0v) is 30.3. The van der Waals surface area contributed by atoms with Crippen LogP contribution >= 0.6 is 0 Å². The molecule has 3 saturated heterocycles.